The van der Waals surface area contributed by atoms with E-state index in [1.807, 2.05) is 0 Å². The van der Waals surface area contributed by atoms with Gasteiger partial charge in [-0.3, -0.25) is 23.5 Å². The fourth-order valence-electron chi connectivity index (χ4n) is 3.71. The second-order valence-electron chi connectivity index (χ2n) is 7.12. The zero-order chi connectivity index (χ0) is 24.1. The third-order valence-electron chi connectivity index (χ3n) is 5.15. The van der Waals surface area contributed by atoms with Gasteiger partial charge in [0.2, 0.25) is 5.91 Å². The lowest BCUT2D eigenvalue weighted by molar-refractivity contribution is -0.114. The minimum Gasteiger partial charge on any atom is -0.772 e. The standard InChI is InChI=1S/C22H25N3O7S/c1-3-32-18-11-13(7-8-17(18)31-2)16(9-10-33(29)30)25-21(27)14-5-4-6-15(20(14)22(25)28)24-19(26)12-23/h4-8,11,16H,3,9-10,12,23H2,1-2H3,(H,24,26)(H,29,30)/p-1. The van der Waals surface area contributed by atoms with E-state index in [0.717, 1.165) is 4.90 Å². The molecule has 2 atom stereocenters. The van der Waals surface area contributed by atoms with Crippen molar-refractivity contribution in [1.29, 1.82) is 0 Å². The first kappa shape index (κ1) is 24.4. The van der Waals surface area contributed by atoms with Crippen LogP contribution in [0.4, 0.5) is 5.69 Å². The van der Waals surface area contributed by atoms with Gasteiger partial charge in [-0.2, -0.15) is 0 Å². The van der Waals surface area contributed by atoms with E-state index in [0.29, 0.717) is 23.7 Å². The molecule has 0 aliphatic carbocycles. The molecule has 0 saturated heterocycles. The van der Waals surface area contributed by atoms with Crippen molar-refractivity contribution >= 4 is 34.5 Å². The summed E-state index contributed by atoms with van der Waals surface area (Å²) in [5.74, 6) is -1.16. The highest BCUT2D eigenvalue weighted by Crippen LogP contribution is 2.39. The topological polar surface area (TPSA) is 151 Å². The van der Waals surface area contributed by atoms with E-state index >= 15 is 0 Å². The lowest BCUT2D eigenvalue weighted by Gasteiger charge is -2.28. The van der Waals surface area contributed by atoms with Crippen molar-refractivity contribution in [1.82, 2.24) is 4.90 Å². The molecular formula is C22H24N3O7S-. The third kappa shape index (κ3) is 5.05. The number of nitrogens with two attached hydrogens (primary N) is 1. The summed E-state index contributed by atoms with van der Waals surface area (Å²) in [6, 6.07) is 8.55. The Bertz CT molecular complexity index is 1110. The number of amides is 3. The van der Waals surface area contributed by atoms with Crippen molar-refractivity contribution in [2.24, 2.45) is 5.73 Å². The quantitative estimate of drug-likeness (QED) is 0.389. The summed E-state index contributed by atoms with van der Waals surface area (Å²) in [6.07, 6.45) is -0.0238. The Morgan fingerprint density at radius 3 is 2.61 bits per heavy atom. The van der Waals surface area contributed by atoms with E-state index in [1.54, 1.807) is 31.2 Å². The Morgan fingerprint density at radius 1 is 1.21 bits per heavy atom. The van der Waals surface area contributed by atoms with Crippen LogP contribution in [0.5, 0.6) is 11.5 Å². The van der Waals surface area contributed by atoms with Gasteiger partial charge in [0, 0.05) is 5.75 Å². The Labute approximate surface area is 193 Å². The second kappa shape index (κ2) is 10.6. The molecule has 2 aromatic carbocycles. The molecule has 2 aromatic rings. The van der Waals surface area contributed by atoms with E-state index in [4.69, 9.17) is 15.2 Å². The lowest BCUT2D eigenvalue weighted by atomic mass is 10.0. The summed E-state index contributed by atoms with van der Waals surface area (Å²) >= 11 is -2.39. The molecule has 3 amide bonds. The van der Waals surface area contributed by atoms with Crippen LogP contribution >= 0.6 is 0 Å². The van der Waals surface area contributed by atoms with Crippen LogP contribution in [0.3, 0.4) is 0 Å². The van der Waals surface area contributed by atoms with Crippen molar-refractivity contribution in [3.8, 4) is 11.5 Å². The Morgan fingerprint density at radius 2 is 1.97 bits per heavy atom. The van der Waals surface area contributed by atoms with Gasteiger partial charge in [-0.05, 0) is 43.2 Å². The molecule has 1 aliphatic heterocycles. The number of benzene rings is 2. The number of fused-ring (bicyclic) bond motifs is 1. The van der Waals surface area contributed by atoms with E-state index in [-0.39, 0.29) is 35.5 Å². The highest BCUT2D eigenvalue weighted by Gasteiger charge is 2.42. The van der Waals surface area contributed by atoms with Crippen LogP contribution in [0.25, 0.3) is 0 Å². The monoisotopic (exact) mass is 474 g/mol. The number of hydrogen-bond donors (Lipinski definition) is 2. The zero-order valence-electron chi connectivity index (χ0n) is 18.2. The maximum atomic E-state index is 13.4. The minimum atomic E-state index is -2.39. The van der Waals surface area contributed by atoms with Crippen molar-refractivity contribution in [3.63, 3.8) is 0 Å². The average Bonchev–Trinajstić information content (AvgIpc) is 3.05. The third-order valence-corrected chi connectivity index (χ3v) is 5.72. The molecule has 11 heteroatoms. The van der Waals surface area contributed by atoms with Gasteiger partial charge < -0.3 is 25.1 Å². The van der Waals surface area contributed by atoms with E-state index in [2.05, 4.69) is 5.32 Å². The number of nitrogens with one attached hydrogen (secondary N) is 1. The first-order valence-electron chi connectivity index (χ1n) is 10.2. The first-order valence-corrected chi connectivity index (χ1v) is 11.4. The van der Waals surface area contributed by atoms with Crippen molar-refractivity contribution in [2.75, 3.05) is 31.3 Å². The summed E-state index contributed by atoms with van der Waals surface area (Å²) < 4.78 is 33.5. The number of nitrogens with zero attached hydrogens (tertiary/aromatic N) is 1. The summed E-state index contributed by atoms with van der Waals surface area (Å²) in [4.78, 5) is 39.5. The molecule has 1 heterocycles. The molecule has 3 N–H and O–H groups in total. The molecule has 1 aliphatic rings. The SMILES string of the molecule is CCOc1cc(C(CCS(=O)[O-])N2C(=O)c3cccc(NC(=O)CN)c3C2=O)ccc1OC. The van der Waals surface area contributed by atoms with E-state index < -0.39 is 34.8 Å². The highest BCUT2D eigenvalue weighted by molar-refractivity contribution is 7.79. The molecule has 176 valence electrons. The maximum absolute atomic E-state index is 13.4. The number of anilines is 1. The van der Waals surface area contributed by atoms with Gasteiger partial charge in [-0.15, -0.1) is 0 Å². The van der Waals surface area contributed by atoms with Gasteiger partial charge in [0.1, 0.15) is 0 Å². The van der Waals surface area contributed by atoms with Crippen molar-refractivity contribution in [2.45, 2.75) is 19.4 Å². The molecule has 0 radical (unpaired) electrons. The molecule has 0 bridgehead atoms. The Hall–Kier alpha value is -3.28. The Balaban J connectivity index is 2.06. The predicted molar refractivity (Wildman–Crippen MR) is 120 cm³/mol. The van der Waals surface area contributed by atoms with Crippen LogP contribution in [-0.2, 0) is 15.9 Å². The van der Waals surface area contributed by atoms with E-state index in [9.17, 15) is 23.1 Å². The van der Waals surface area contributed by atoms with Crippen LogP contribution in [0.1, 0.15) is 45.7 Å². The van der Waals surface area contributed by atoms with Gasteiger partial charge in [0.25, 0.3) is 11.8 Å². The number of carbonyl (C=O) groups excluding carboxylic acids is 3. The molecule has 0 spiro atoms. The van der Waals surface area contributed by atoms with Crippen LogP contribution in [0.15, 0.2) is 36.4 Å². The minimum absolute atomic E-state index is 0.0238. The van der Waals surface area contributed by atoms with Crippen LogP contribution in [-0.4, -0.2) is 57.4 Å². The van der Waals surface area contributed by atoms with E-state index in [1.165, 1.54) is 19.2 Å². The summed E-state index contributed by atoms with van der Waals surface area (Å²) in [6.45, 7) is 1.86. The molecule has 0 saturated carbocycles. The van der Waals surface area contributed by atoms with Gasteiger partial charge in [-0.25, -0.2) is 0 Å². The zero-order valence-corrected chi connectivity index (χ0v) is 19.0. The smallest absolute Gasteiger partial charge is 0.264 e. The largest absolute Gasteiger partial charge is 0.772 e. The molecule has 3 rings (SSSR count). The van der Waals surface area contributed by atoms with Gasteiger partial charge in [-0.1, -0.05) is 23.2 Å². The normalized spacial score (nSPS) is 14.6. The highest BCUT2D eigenvalue weighted by atomic mass is 32.2. The number of hydrogen-bond acceptors (Lipinski definition) is 8. The van der Waals surface area contributed by atoms with Crippen molar-refractivity contribution in [3.05, 3.63) is 53.1 Å². The number of methoxy groups -OCH3 is 1. The summed E-state index contributed by atoms with van der Waals surface area (Å²) in [5.41, 5.74) is 6.18. The van der Waals surface area contributed by atoms with Crippen molar-refractivity contribution < 1.29 is 32.6 Å². The van der Waals surface area contributed by atoms with Crippen LogP contribution in [0.2, 0.25) is 0 Å². The first-order chi connectivity index (χ1) is 15.8. The van der Waals surface area contributed by atoms with Crippen LogP contribution < -0.4 is 20.5 Å². The summed E-state index contributed by atoms with van der Waals surface area (Å²) in [7, 11) is 1.48. The molecule has 0 aromatic heterocycles. The number of ether oxygens (including phenoxy) is 2. The molecule has 2 unspecified atom stereocenters. The molecule has 0 fully saturated rings. The second-order valence-corrected chi connectivity index (χ2v) is 8.13. The average molecular weight is 475 g/mol. The molecule has 10 nitrogen and oxygen atoms in total. The molecule has 33 heavy (non-hydrogen) atoms. The fraction of sp³-hybridized carbons (Fsp3) is 0.318. The maximum Gasteiger partial charge on any atom is 0.264 e. The van der Waals surface area contributed by atoms with Gasteiger partial charge in [0.15, 0.2) is 11.5 Å². The van der Waals surface area contributed by atoms with Gasteiger partial charge >= 0.3 is 0 Å². The van der Waals surface area contributed by atoms with Gasteiger partial charge in [0.05, 0.1) is 43.1 Å². The number of imide groups is 1. The Kier molecular flexibility index (Phi) is 7.79. The number of carbonyl (C=O) groups is 3. The fourth-order valence-corrected chi connectivity index (χ4v) is 4.13. The predicted octanol–water partition coefficient (Wildman–Crippen LogP) is 1.60. The van der Waals surface area contributed by atoms with Crippen LogP contribution in [0, 0.1) is 0 Å². The lowest BCUT2D eigenvalue weighted by Crippen LogP contribution is -2.35. The number of rotatable bonds is 10. The molecular weight excluding hydrogens is 450 g/mol. The summed E-state index contributed by atoms with van der Waals surface area (Å²) in [5, 5.41) is 2.53.